The van der Waals surface area contributed by atoms with Crippen LogP contribution in [0, 0.1) is 11.5 Å². The molecule has 2 aromatic carbocycles. The third-order valence-electron chi connectivity index (χ3n) is 10.2. The minimum Gasteiger partial charge on any atom is -0.369 e. The average Bonchev–Trinajstić information content (AvgIpc) is 3.50. The number of hydrogen-bond donors (Lipinski definition) is 2. The van der Waals surface area contributed by atoms with Crippen LogP contribution in [0.4, 0.5) is 27.9 Å². The van der Waals surface area contributed by atoms with Gasteiger partial charge >= 0.3 is 6.03 Å². The number of nitrogens with one attached hydrogen (secondary N) is 2. The lowest BCUT2D eigenvalue weighted by molar-refractivity contribution is 0.212. The summed E-state index contributed by atoms with van der Waals surface area (Å²) in [5, 5.41) is 7.18. The summed E-state index contributed by atoms with van der Waals surface area (Å²) < 4.78 is 0. The third-order valence-corrected chi connectivity index (χ3v) is 16.5. The standard InChI is InChI=1S/C38H48N8OSi/c1-26(2)48(27(3)4,28(5)6)21-16-29-22-35(42-38(47)46-24-30-10-8-9-11-31(30)25-46)41-36-34(29)23-39-37(43-36)40-32-12-14-33(15-13-32)45-19-17-44(7)18-20-45/h8-15,22-23,26-28H,17-20,24-25H2,1-7H3,(H2,39,40,41,42,43,47). The van der Waals surface area contributed by atoms with Crippen molar-refractivity contribution in [3.8, 4) is 11.5 Å². The van der Waals surface area contributed by atoms with Crippen LogP contribution in [0.5, 0.6) is 0 Å². The summed E-state index contributed by atoms with van der Waals surface area (Å²) in [5.41, 5.74) is 11.0. The summed E-state index contributed by atoms with van der Waals surface area (Å²) in [7, 11) is 0.143. The van der Waals surface area contributed by atoms with Crippen molar-refractivity contribution >= 4 is 48.3 Å². The fourth-order valence-electron chi connectivity index (χ4n) is 7.46. The van der Waals surface area contributed by atoms with Crippen LogP contribution in [0.25, 0.3) is 11.0 Å². The molecule has 0 aliphatic carbocycles. The summed E-state index contributed by atoms with van der Waals surface area (Å²) >= 11 is 0. The molecule has 1 saturated heterocycles. The lowest BCUT2D eigenvalue weighted by Gasteiger charge is -2.38. The van der Waals surface area contributed by atoms with Crippen LogP contribution in [0.15, 0.2) is 60.8 Å². The number of carbonyl (C=O) groups is 1. The second-order valence-corrected chi connectivity index (χ2v) is 19.7. The smallest absolute Gasteiger partial charge is 0.323 e. The average molecular weight is 661 g/mol. The molecule has 4 aromatic rings. The molecule has 0 atom stereocenters. The molecular formula is C38H48N8OSi. The normalized spacial score (nSPS) is 15.2. The van der Waals surface area contributed by atoms with Gasteiger partial charge in [-0.25, -0.2) is 14.8 Å². The SMILES string of the molecule is CC(C)[Si](C#Cc1cc(NC(=O)N2Cc3ccccc3C2)nc2nc(Nc3ccc(N4CCN(C)CC4)cc3)ncc12)(C(C)C)C(C)C. The number of rotatable bonds is 7. The second-order valence-electron chi connectivity index (χ2n) is 14.2. The number of anilines is 4. The van der Waals surface area contributed by atoms with E-state index in [2.05, 4.69) is 122 Å². The number of hydrogen-bond acceptors (Lipinski definition) is 7. The lowest BCUT2D eigenvalue weighted by Crippen LogP contribution is -2.44. The van der Waals surface area contributed by atoms with E-state index in [1.165, 1.54) is 16.8 Å². The molecule has 2 aliphatic heterocycles. The summed E-state index contributed by atoms with van der Waals surface area (Å²) in [6, 6.07) is 18.3. The molecule has 4 heterocycles. The Balaban J connectivity index is 1.31. The number of fused-ring (bicyclic) bond motifs is 2. The molecule has 250 valence electrons. The first-order valence-corrected chi connectivity index (χ1v) is 19.4. The van der Waals surface area contributed by atoms with E-state index < -0.39 is 8.07 Å². The monoisotopic (exact) mass is 660 g/mol. The molecule has 2 aromatic heterocycles. The van der Waals surface area contributed by atoms with Crippen LogP contribution in [-0.4, -0.2) is 72.1 Å². The molecular weight excluding hydrogens is 613 g/mol. The molecule has 2 aliphatic rings. The Kier molecular flexibility index (Phi) is 9.72. The summed E-state index contributed by atoms with van der Waals surface area (Å²) in [6.45, 7) is 19.2. The first kappa shape index (κ1) is 33.4. The van der Waals surface area contributed by atoms with E-state index in [-0.39, 0.29) is 6.03 Å². The van der Waals surface area contributed by atoms with Crippen LogP contribution >= 0.6 is 0 Å². The largest absolute Gasteiger partial charge is 0.369 e. The number of piperazine rings is 1. The van der Waals surface area contributed by atoms with E-state index in [0.717, 1.165) is 42.8 Å². The van der Waals surface area contributed by atoms with E-state index >= 15 is 0 Å². The Morgan fingerprint density at radius 3 is 2.08 bits per heavy atom. The summed E-state index contributed by atoms with van der Waals surface area (Å²) in [4.78, 5) is 34.4. The van der Waals surface area contributed by atoms with Gasteiger partial charge in [0.1, 0.15) is 13.9 Å². The number of nitrogens with zero attached hydrogens (tertiary/aromatic N) is 6. The predicted octanol–water partition coefficient (Wildman–Crippen LogP) is 7.64. The number of carbonyl (C=O) groups excluding carboxylic acids is 1. The lowest BCUT2D eigenvalue weighted by atomic mass is 10.1. The number of likely N-dealkylation sites (N-methyl/N-ethyl adjacent to an activating group) is 1. The van der Waals surface area contributed by atoms with Gasteiger partial charge in [-0.1, -0.05) is 71.7 Å². The van der Waals surface area contributed by atoms with Crippen LogP contribution < -0.4 is 15.5 Å². The maximum atomic E-state index is 13.5. The van der Waals surface area contributed by atoms with Gasteiger partial charge in [-0.05, 0) is 65.1 Å². The topological polar surface area (TPSA) is 89.5 Å². The molecule has 48 heavy (non-hydrogen) atoms. The molecule has 0 saturated carbocycles. The van der Waals surface area contributed by atoms with E-state index in [0.29, 0.717) is 47.1 Å². The zero-order chi connectivity index (χ0) is 34.0. The van der Waals surface area contributed by atoms with Gasteiger partial charge in [0, 0.05) is 62.4 Å². The zero-order valence-electron chi connectivity index (χ0n) is 29.3. The van der Waals surface area contributed by atoms with Crippen molar-refractivity contribution in [3.63, 3.8) is 0 Å². The van der Waals surface area contributed by atoms with Crippen molar-refractivity contribution in [1.82, 2.24) is 24.8 Å². The van der Waals surface area contributed by atoms with Crippen LogP contribution in [0.3, 0.4) is 0 Å². The van der Waals surface area contributed by atoms with Gasteiger partial charge < -0.3 is 20.0 Å². The Morgan fingerprint density at radius 2 is 1.48 bits per heavy atom. The maximum absolute atomic E-state index is 13.5. The van der Waals surface area contributed by atoms with E-state index in [1.54, 1.807) is 11.1 Å². The molecule has 0 radical (unpaired) electrons. The van der Waals surface area contributed by atoms with Gasteiger partial charge in [0.05, 0.1) is 5.39 Å². The highest BCUT2D eigenvalue weighted by Crippen LogP contribution is 2.41. The van der Waals surface area contributed by atoms with E-state index in [1.807, 2.05) is 18.2 Å². The quantitative estimate of drug-likeness (QED) is 0.156. The molecule has 10 heteroatoms. The third kappa shape index (κ3) is 6.89. The Morgan fingerprint density at radius 1 is 0.854 bits per heavy atom. The molecule has 2 N–H and O–H groups in total. The summed E-state index contributed by atoms with van der Waals surface area (Å²) in [6.07, 6.45) is 1.80. The van der Waals surface area contributed by atoms with Gasteiger partial charge in [-0.3, -0.25) is 5.32 Å². The van der Waals surface area contributed by atoms with Crippen molar-refractivity contribution in [2.75, 3.05) is 48.8 Å². The summed E-state index contributed by atoms with van der Waals surface area (Å²) in [5.74, 6) is 4.45. The first-order valence-electron chi connectivity index (χ1n) is 17.2. The molecule has 6 rings (SSSR count). The fraction of sp³-hybridized carbons (Fsp3) is 0.421. The molecule has 0 bridgehead atoms. The number of pyridine rings is 1. The van der Waals surface area contributed by atoms with Gasteiger partial charge in [0.15, 0.2) is 5.65 Å². The van der Waals surface area contributed by atoms with Crippen LogP contribution in [0.2, 0.25) is 16.6 Å². The van der Waals surface area contributed by atoms with Gasteiger partial charge in [-0.15, -0.1) is 5.54 Å². The predicted molar refractivity (Wildman–Crippen MR) is 199 cm³/mol. The number of benzene rings is 2. The number of urea groups is 1. The van der Waals surface area contributed by atoms with Crippen LogP contribution in [-0.2, 0) is 13.1 Å². The molecule has 1 fully saturated rings. The van der Waals surface area contributed by atoms with Crippen molar-refractivity contribution in [1.29, 1.82) is 0 Å². The molecule has 0 spiro atoms. The molecule has 9 nitrogen and oxygen atoms in total. The van der Waals surface area contributed by atoms with Crippen molar-refractivity contribution in [3.05, 3.63) is 77.5 Å². The highest BCUT2D eigenvalue weighted by atomic mass is 28.3. The zero-order valence-corrected chi connectivity index (χ0v) is 30.3. The number of aromatic nitrogens is 3. The van der Waals surface area contributed by atoms with Gasteiger partial charge in [0.25, 0.3) is 0 Å². The Hall–Kier alpha value is -4.46. The second kappa shape index (κ2) is 13.9. The highest BCUT2D eigenvalue weighted by molar-refractivity contribution is 6.90. The van der Waals surface area contributed by atoms with Crippen molar-refractivity contribution < 1.29 is 4.79 Å². The van der Waals surface area contributed by atoms with E-state index in [4.69, 9.17) is 9.97 Å². The minimum atomic E-state index is -2.02. The maximum Gasteiger partial charge on any atom is 0.323 e. The Bertz CT molecular complexity index is 1790. The highest BCUT2D eigenvalue weighted by Gasteiger charge is 2.41. The van der Waals surface area contributed by atoms with Gasteiger partial charge in [0.2, 0.25) is 5.95 Å². The number of amides is 2. The fourth-order valence-corrected chi connectivity index (χ4v) is 12.7. The first-order chi connectivity index (χ1) is 23.0. The van der Waals surface area contributed by atoms with Crippen LogP contribution in [0.1, 0.15) is 58.2 Å². The molecule has 0 unspecified atom stereocenters. The van der Waals surface area contributed by atoms with Crippen molar-refractivity contribution in [2.45, 2.75) is 71.3 Å². The minimum absolute atomic E-state index is 0.194. The molecule has 2 amide bonds. The van der Waals surface area contributed by atoms with E-state index in [9.17, 15) is 4.79 Å². The van der Waals surface area contributed by atoms with Crippen molar-refractivity contribution in [2.24, 2.45) is 0 Å². The Labute approximate surface area is 286 Å². The van der Waals surface area contributed by atoms with Gasteiger partial charge in [-0.2, -0.15) is 4.98 Å².